The summed E-state index contributed by atoms with van der Waals surface area (Å²) in [5.41, 5.74) is 0.966. The van der Waals surface area contributed by atoms with Crippen LogP contribution < -0.4 is 0 Å². The first-order valence-corrected chi connectivity index (χ1v) is 8.19. The van der Waals surface area contributed by atoms with Gasteiger partial charge >= 0.3 is 6.09 Å². The van der Waals surface area contributed by atoms with Crippen molar-refractivity contribution in [2.75, 3.05) is 6.54 Å². The highest BCUT2D eigenvalue weighted by Crippen LogP contribution is 2.24. The molecule has 1 aliphatic heterocycles. The lowest BCUT2D eigenvalue weighted by molar-refractivity contribution is 0.132. The lowest BCUT2D eigenvalue weighted by Gasteiger charge is -2.13. The van der Waals surface area contributed by atoms with Gasteiger partial charge in [-0.15, -0.1) is 0 Å². The molecule has 1 aromatic carbocycles. The summed E-state index contributed by atoms with van der Waals surface area (Å²) in [4.78, 5) is 11.9. The third-order valence-electron chi connectivity index (χ3n) is 3.33. The number of rotatable bonds is 5. The summed E-state index contributed by atoms with van der Waals surface area (Å²) in [6, 6.07) is 6.44. The van der Waals surface area contributed by atoms with Gasteiger partial charge in [-0.05, 0) is 31.9 Å². The second-order valence-electron chi connectivity index (χ2n) is 5.00. The van der Waals surface area contributed by atoms with Gasteiger partial charge in [0.1, 0.15) is 6.10 Å². The molecule has 0 aliphatic carbocycles. The number of amides is 1. The van der Waals surface area contributed by atoms with Crippen molar-refractivity contribution >= 4 is 16.1 Å². The summed E-state index contributed by atoms with van der Waals surface area (Å²) >= 11 is 0. The van der Waals surface area contributed by atoms with Gasteiger partial charge in [0, 0.05) is 0 Å². The third-order valence-corrected chi connectivity index (χ3v) is 5.08. The van der Waals surface area contributed by atoms with E-state index in [1.54, 1.807) is 12.1 Å². The van der Waals surface area contributed by atoms with Crippen molar-refractivity contribution in [1.82, 2.24) is 4.31 Å². The second kappa shape index (κ2) is 5.83. The van der Waals surface area contributed by atoms with Crippen molar-refractivity contribution < 1.29 is 17.9 Å². The fraction of sp³-hybridized carbons (Fsp3) is 0.500. The number of unbranched alkanes of at least 4 members (excludes halogenated alkanes) is 1. The van der Waals surface area contributed by atoms with Crippen molar-refractivity contribution in [3.63, 3.8) is 0 Å². The van der Waals surface area contributed by atoms with Crippen LogP contribution in [0.25, 0.3) is 0 Å². The molecule has 6 heteroatoms. The second-order valence-corrected chi connectivity index (χ2v) is 6.86. The molecule has 1 fully saturated rings. The van der Waals surface area contributed by atoms with Gasteiger partial charge < -0.3 is 4.74 Å². The standard InChI is InChI=1S/C14H19NO4S/c1-3-4-5-12-10-15(14(16)19-12)20(17,18)13-8-6-11(2)7-9-13/h6-9,12H,3-5,10H2,1-2H3. The minimum Gasteiger partial charge on any atom is -0.443 e. The fourth-order valence-electron chi connectivity index (χ4n) is 2.11. The van der Waals surface area contributed by atoms with Crippen LogP contribution in [0.1, 0.15) is 31.7 Å². The van der Waals surface area contributed by atoms with Gasteiger partial charge in [0.2, 0.25) is 0 Å². The van der Waals surface area contributed by atoms with Gasteiger partial charge in [-0.25, -0.2) is 13.2 Å². The molecule has 5 nitrogen and oxygen atoms in total. The average Bonchev–Trinajstić information content (AvgIpc) is 2.79. The zero-order valence-corrected chi connectivity index (χ0v) is 12.5. The van der Waals surface area contributed by atoms with E-state index in [1.165, 1.54) is 12.1 Å². The van der Waals surface area contributed by atoms with Gasteiger partial charge in [0.05, 0.1) is 11.4 Å². The van der Waals surface area contributed by atoms with E-state index in [9.17, 15) is 13.2 Å². The molecule has 1 aromatic rings. The molecule has 1 amide bonds. The maximum Gasteiger partial charge on any atom is 0.424 e. The number of ether oxygens (including phenoxy) is 1. The predicted octanol–water partition coefficient (Wildman–Crippen LogP) is 2.69. The summed E-state index contributed by atoms with van der Waals surface area (Å²) in [6.45, 7) is 4.02. The number of carbonyl (C=O) groups is 1. The Bertz CT molecular complexity index is 580. The molecule has 1 aliphatic rings. The number of aryl methyl sites for hydroxylation is 1. The molecule has 0 aromatic heterocycles. The Morgan fingerprint density at radius 1 is 1.30 bits per heavy atom. The summed E-state index contributed by atoms with van der Waals surface area (Å²) in [5, 5.41) is 0. The molecule has 0 spiro atoms. The van der Waals surface area contributed by atoms with E-state index in [4.69, 9.17) is 4.74 Å². The molecule has 2 rings (SSSR count). The highest BCUT2D eigenvalue weighted by molar-refractivity contribution is 7.89. The first-order chi connectivity index (χ1) is 9.45. The van der Waals surface area contributed by atoms with Gasteiger partial charge in [0.25, 0.3) is 10.0 Å². The molecular formula is C14H19NO4S. The number of carbonyl (C=O) groups excluding carboxylic acids is 1. The molecule has 110 valence electrons. The lowest BCUT2D eigenvalue weighted by atomic mass is 10.2. The first-order valence-electron chi connectivity index (χ1n) is 6.75. The summed E-state index contributed by atoms with van der Waals surface area (Å²) in [7, 11) is -3.80. The van der Waals surface area contributed by atoms with E-state index < -0.39 is 16.1 Å². The van der Waals surface area contributed by atoms with Gasteiger partial charge in [-0.2, -0.15) is 4.31 Å². The van der Waals surface area contributed by atoms with Gasteiger partial charge in [0.15, 0.2) is 0 Å². The van der Waals surface area contributed by atoms with Crippen LogP contribution in [0.4, 0.5) is 4.79 Å². The van der Waals surface area contributed by atoms with Crippen molar-refractivity contribution in [2.24, 2.45) is 0 Å². The van der Waals surface area contributed by atoms with E-state index in [0.717, 1.165) is 22.7 Å². The number of nitrogens with zero attached hydrogens (tertiary/aromatic N) is 1. The molecule has 0 N–H and O–H groups in total. The Kier molecular flexibility index (Phi) is 4.32. The summed E-state index contributed by atoms with van der Waals surface area (Å²) in [5.74, 6) is 0. The summed E-state index contributed by atoms with van der Waals surface area (Å²) in [6.07, 6.45) is 1.49. The summed E-state index contributed by atoms with van der Waals surface area (Å²) < 4.78 is 30.7. The third kappa shape index (κ3) is 2.95. The minimum atomic E-state index is -3.80. The van der Waals surface area contributed by atoms with Crippen molar-refractivity contribution in [1.29, 1.82) is 0 Å². The average molecular weight is 297 g/mol. The zero-order chi connectivity index (χ0) is 14.8. The zero-order valence-electron chi connectivity index (χ0n) is 11.7. The van der Waals surface area contributed by atoms with Crippen molar-refractivity contribution in [3.05, 3.63) is 29.8 Å². The van der Waals surface area contributed by atoms with E-state index in [1.807, 2.05) is 13.8 Å². The quantitative estimate of drug-likeness (QED) is 0.838. The van der Waals surface area contributed by atoms with Crippen LogP contribution in [-0.4, -0.2) is 31.5 Å². The number of benzene rings is 1. The van der Waals surface area contributed by atoms with E-state index in [0.29, 0.717) is 6.42 Å². The van der Waals surface area contributed by atoms with E-state index >= 15 is 0 Å². The molecule has 1 saturated heterocycles. The Morgan fingerprint density at radius 2 is 1.95 bits per heavy atom. The molecular weight excluding hydrogens is 278 g/mol. The van der Waals surface area contributed by atoms with Crippen LogP contribution in [-0.2, 0) is 14.8 Å². The van der Waals surface area contributed by atoms with Crippen LogP contribution in [0.2, 0.25) is 0 Å². The molecule has 20 heavy (non-hydrogen) atoms. The molecule has 1 atom stereocenters. The van der Waals surface area contributed by atoms with E-state index in [-0.39, 0.29) is 17.5 Å². The smallest absolute Gasteiger partial charge is 0.424 e. The van der Waals surface area contributed by atoms with Gasteiger partial charge in [-0.1, -0.05) is 31.0 Å². The molecule has 0 radical (unpaired) electrons. The van der Waals surface area contributed by atoms with Gasteiger partial charge in [-0.3, -0.25) is 0 Å². The lowest BCUT2D eigenvalue weighted by Crippen LogP contribution is -2.32. The number of hydrogen-bond donors (Lipinski definition) is 0. The molecule has 1 unspecified atom stereocenters. The molecule has 0 bridgehead atoms. The normalized spacial score (nSPS) is 19.2. The number of hydrogen-bond acceptors (Lipinski definition) is 4. The van der Waals surface area contributed by atoms with Crippen LogP contribution in [0, 0.1) is 6.92 Å². The number of cyclic esters (lactones) is 1. The van der Waals surface area contributed by atoms with Crippen LogP contribution in [0.3, 0.4) is 0 Å². The van der Waals surface area contributed by atoms with Crippen LogP contribution >= 0.6 is 0 Å². The van der Waals surface area contributed by atoms with Crippen LogP contribution in [0.5, 0.6) is 0 Å². The van der Waals surface area contributed by atoms with Crippen molar-refractivity contribution in [3.8, 4) is 0 Å². The minimum absolute atomic E-state index is 0.106. The topological polar surface area (TPSA) is 63.7 Å². The largest absolute Gasteiger partial charge is 0.443 e. The van der Waals surface area contributed by atoms with E-state index in [2.05, 4.69) is 0 Å². The van der Waals surface area contributed by atoms with Crippen molar-refractivity contribution in [2.45, 2.75) is 44.1 Å². The molecule has 1 heterocycles. The SMILES string of the molecule is CCCCC1CN(S(=O)(=O)c2ccc(C)cc2)C(=O)O1. The highest BCUT2D eigenvalue weighted by Gasteiger charge is 2.39. The fourth-order valence-corrected chi connectivity index (χ4v) is 3.45. The maximum absolute atomic E-state index is 12.4. The Hall–Kier alpha value is -1.56. The van der Waals surface area contributed by atoms with Crippen LogP contribution in [0.15, 0.2) is 29.2 Å². The highest BCUT2D eigenvalue weighted by atomic mass is 32.2. The first kappa shape index (κ1) is 14.8. The Balaban J connectivity index is 2.18. The monoisotopic (exact) mass is 297 g/mol. The Morgan fingerprint density at radius 3 is 2.55 bits per heavy atom. The Labute approximate surface area is 119 Å². The molecule has 0 saturated carbocycles. The predicted molar refractivity (Wildman–Crippen MR) is 74.9 cm³/mol. The number of sulfonamides is 1. The maximum atomic E-state index is 12.4.